The lowest BCUT2D eigenvalue weighted by Crippen LogP contribution is -2.49. The van der Waals surface area contributed by atoms with Gasteiger partial charge in [0, 0.05) is 26.2 Å². The van der Waals surface area contributed by atoms with E-state index < -0.39 is 10.0 Å². The Kier molecular flexibility index (Phi) is 7.34. The van der Waals surface area contributed by atoms with Crippen LogP contribution in [-0.2, 0) is 22.4 Å². The largest absolute Gasteiger partial charge is 0.481 e. The molecule has 2 heterocycles. The van der Waals surface area contributed by atoms with Gasteiger partial charge >= 0.3 is 5.56 Å². The van der Waals surface area contributed by atoms with Gasteiger partial charge in [-0.05, 0) is 23.3 Å². The fourth-order valence-electron chi connectivity index (χ4n) is 4.36. The van der Waals surface area contributed by atoms with E-state index in [-0.39, 0.29) is 23.7 Å². The first-order valence-electron chi connectivity index (χ1n) is 12.1. The Morgan fingerprint density at radius 2 is 1.32 bits per heavy atom. The molecule has 37 heavy (non-hydrogen) atoms. The van der Waals surface area contributed by atoms with Gasteiger partial charge in [-0.1, -0.05) is 78.9 Å². The highest BCUT2D eigenvalue weighted by Crippen LogP contribution is 2.27. The van der Waals surface area contributed by atoms with E-state index in [9.17, 15) is 13.2 Å². The van der Waals surface area contributed by atoms with Crippen LogP contribution in [0, 0.1) is 0 Å². The number of piperazine rings is 1. The van der Waals surface area contributed by atoms with Crippen LogP contribution in [0.3, 0.4) is 0 Å². The van der Waals surface area contributed by atoms with Gasteiger partial charge in [-0.15, -0.1) is 0 Å². The molecule has 1 aliphatic heterocycles. The number of aromatic nitrogens is 2. The van der Waals surface area contributed by atoms with Gasteiger partial charge in [0.2, 0.25) is 15.8 Å². The van der Waals surface area contributed by atoms with E-state index >= 15 is 0 Å². The molecule has 0 aliphatic carbocycles. The van der Waals surface area contributed by atoms with Crippen molar-refractivity contribution in [1.82, 2.24) is 14.1 Å². The van der Waals surface area contributed by atoms with Crippen molar-refractivity contribution in [3.05, 3.63) is 119 Å². The topological polar surface area (TPSA) is 84.7 Å². The summed E-state index contributed by atoms with van der Waals surface area (Å²) in [5, 5.41) is 4.41. The van der Waals surface area contributed by atoms with Gasteiger partial charge in [-0.2, -0.15) is 14.1 Å². The highest BCUT2D eigenvalue weighted by molar-refractivity contribution is 7.88. The number of nitrogens with zero attached hydrogens (tertiary/aromatic N) is 4. The molecule has 0 radical (unpaired) electrons. The first kappa shape index (κ1) is 24.7. The lowest BCUT2D eigenvalue weighted by atomic mass is 10.2. The third kappa shape index (κ3) is 5.73. The molecule has 9 heteroatoms. The van der Waals surface area contributed by atoms with E-state index in [4.69, 9.17) is 4.74 Å². The van der Waals surface area contributed by atoms with Crippen LogP contribution < -0.4 is 15.2 Å². The molecule has 0 saturated carbocycles. The molecule has 1 aliphatic rings. The molecule has 1 saturated heterocycles. The van der Waals surface area contributed by atoms with Gasteiger partial charge in [0.1, 0.15) is 12.3 Å². The lowest BCUT2D eigenvalue weighted by Gasteiger charge is -2.35. The zero-order chi connectivity index (χ0) is 25.7. The standard InChI is InChI=1S/C28H28N4O4S/c33-28-27(36-21-23-10-4-1-5-11-23)26(20-29-32(28)25-14-8-3-9-15-25)30-16-18-31(19-17-30)37(34,35)22-24-12-6-2-7-13-24/h1-15,20H,16-19,21-22H2. The average Bonchev–Trinajstić information content (AvgIpc) is 2.94. The number of sulfonamides is 1. The molecule has 0 bridgehead atoms. The number of anilines is 1. The molecule has 5 rings (SSSR count). The highest BCUT2D eigenvalue weighted by Gasteiger charge is 2.29. The second-order valence-electron chi connectivity index (χ2n) is 8.81. The zero-order valence-corrected chi connectivity index (χ0v) is 21.1. The Labute approximate surface area is 216 Å². The van der Waals surface area contributed by atoms with Gasteiger partial charge in [-0.25, -0.2) is 8.42 Å². The van der Waals surface area contributed by atoms with E-state index in [1.54, 1.807) is 6.20 Å². The Bertz CT molecular complexity index is 1490. The van der Waals surface area contributed by atoms with Crippen molar-refractivity contribution in [2.45, 2.75) is 12.4 Å². The van der Waals surface area contributed by atoms with Crippen LogP contribution in [0.25, 0.3) is 5.69 Å². The van der Waals surface area contributed by atoms with Crippen molar-refractivity contribution < 1.29 is 13.2 Å². The molecule has 8 nitrogen and oxygen atoms in total. The van der Waals surface area contributed by atoms with Crippen LogP contribution in [0.1, 0.15) is 11.1 Å². The number of benzene rings is 3. The first-order valence-corrected chi connectivity index (χ1v) is 13.7. The monoisotopic (exact) mass is 516 g/mol. The summed E-state index contributed by atoms with van der Waals surface area (Å²) in [5.41, 5.74) is 2.54. The van der Waals surface area contributed by atoms with E-state index in [0.29, 0.717) is 37.6 Å². The summed E-state index contributed by atoms with van der Waals surface area (Å²) in [6.07, 6.45) is 1.63. The predicted molar refractivity (Wildman–Crippen MR) is 143 cm³/mol. The maximum Gasteiger partial charge on any atom is 0.316 e. The van der Waals surface area contributed by atoms with Crippen molar-refractivity contribution in [2.75, 3.05) is 31.1 Å². The molecule has 190 valence electrons. The van der Waals surface area contributed by atoms with Crippen molar-refractivity contribution >= 4 is 15.7 Å². The minimum Gasteiger partial charge on any atom is -0.481 e. The van der Waals surface area contributed by atoms with Crippen LogP contribution in [-0.4, -0.2) is 48.7 Å². The number of para-hydroxylation sites is 1. The zero-order valence-electron chi connectivity index (χ0n) is 20.3. The van der Waals surface area contributed by atoms with E-state index in [1.807, 2.05) is 95.9 Å². The van der Waals surface area contributed by atoms with Gasteiger partial charge in [-0.3, -0.25) is 4.79 Å². The second kappa shape index (κ2) is 11.0. The van der Waals surface area contributed by atoms with Crippen LogP contribution in [0.4, 0.5) is 5.69 Å². The SMILES string of the molecule is O=c1c(OCc2ccccc2)c(N2CCN(S(=O)(=O)Cc3ccccc3)CC2)cnn1-c1ccccc1. The Hall–Kier alpha value is -3.95. The van der Waals surface area contributed by atoms with Gasteiger partial charge in [0.25, 0.3) is 0 Å². The quantitative estimate of drug-likeness (QED) is 0.357. The molecule has 1 fully saturated rings. The van der Waals surface area contributed by atoms with Crippen LogP contribution in [0.2, 0.25) is 0 Å². The summed E-state index contributed by atoms with van der Waals surface area (Å²) in [5.74, 6) is 0.164. The van der Waals surface area contributed by atoms with Crippen molar-refractivity contribution in [3.8, 4) is 11.4 Å². The molecule has 0 unspecified atom stereocenters. The van der Waals surface area contributed by atoms with Crippen LogP contribution in [0.15, 0.2) is 102 Å². The molecule has 4 aromatic rings. The minimum absolute atomic E-state index is 0.0338. The molecular formula is C28H28N4O4S. The number of rotatable bonds is 8. The summed E-state index contributed by atoms with van der Waals surface area (Å²) >= 11 is 0. The van der Waals surface area contributed by atoms with Crippen molar-refractivity contribution in [1.29, 1.82) is 0 Å². The third-order valence-corrected chi connectivity index (χ3v) is 8.16. The van der Waals surface area contributed by atoms with Crippen LogP contribution >= 0.6 is 0 Å². The second-order valence-corrected chi connectivity index (χ2v) is 10.8. The molecule has 0 spiro atoms. The minimum atomic E-state index is -3.46. The molecule has 0 atom stereocenters. The molecule has 0 amide bonds. The fourth-order valence-corrected chi connectivity index (χ4v) is 5.87. The van der Waals surface area contributed by atoms with E-state index in [2.05, 4.69) is 5.10 Å². The maximum absolute atomic E-state index is 13.5. The smallest absolute Gasteiger partial charge is 0.316 e. The summed E-state index contributed by atoms with van der Waals surface area (Å²) < 4.78 is 34.9. The molecule has 0 N–H and O–H groups in total. The summed E-state index contributed by atoms with van der Waals surface area (Å²) in [6, 6.07) is 28.0. The third-order valence-electron chi connectivity index (χ3n) is 6.31. The average molecular weight is 517 g/mol. The van der Waals surface area contributed by atoms with Crippen molar-refractivity contribution in [3.63, 3.8) is 0 Å². The fraction of sp³-hybridized carbons (Fsp3) is 0.214. The first-order chi connectivity index (χ1) is 18.0. The van der Waals surface area contributed by atoms with Crippen LogP contribution in [0.5, 0.6) is 5.75 Å². The Balaban J connectivity index is 1.38. The van der Waals surface area contributed by atoms with Gasteiger partial charge in [0.05, 0.1) is 17.6 Å². The predicted octanol–water partition coefficient (Wildman–Crippen LogP) is 3.46. The number of ether oxygens (including phenoxy) is 1. The van der Waals surface area contributed by atoms with Gasteiger partial charge < -0.3 is 9.64 Å². The maximum atomic E-state index is 13.5. The number of hydrogen-bond acceptors (Lipinski definition) is 6. The number of hydrogen-bond donors (Lipinski definition) is 0. The Morgan fingerprint density at radius 3 is 1.95 bits per heavy atom. The molecule has 1 aromatic heterocycles. The normalized spacial score (nSPS) is 14.4. The van der Waals surface area contributed by atoms with Gasteiger partial charge in [0.15, 0.2) is 0 Å². The van der Waals surface area contributed by atoms with Crippen molar-refractivity contribution in [2.24, 2.45) is 0 Å². The summed E-state index contributed by atoms with van der Waals surface area (Å²) in [4.78, 5) is 15.5. The van der Waals surface area contributed by atoms with E-state index in [0.717, 1.165) is 11.1 Å². The summed E-state index contributed by atoms with van der Waals surface area (Å²) in [6.45, 7) is 1.70. The highest BCUT2D eigenvalue weighted by atomic mass is 32.2. The molecule has 3 aromatic carbocycles. The Morgan fingerprint density at radius 1 is 0.757 bits per heavy atom. The lowest BCUT2D eigenvalue weighted by molar-refractivity contribution is 0.297. The van der Waals surface area contributed by atoms with E-state index in [1.165, 1.54) is 8.99 Å². The summed E-state index contributed by atoms with van der Waals surface area (Å²) in [7, 11) is -3.46. The molecular weight excluding hydrogens is 488 g/mol.